The van der Waals surface area contributed by atoms with Crippen molar-refractivity contribution >= 4 is 0 Å². The van der Waals surface area contributed by atoms with Crippen molar-refractivity contribution in [2.24, 2.45) is 0 Å². The number of ether oxygens (including phenoxy) is 1. The lowest BCUT2D eigenvalue weighted by Gasteiger charge is -2.40. The quantitative estimate of drug-likeness (QED) is 0.903. The molecular weight excluding hydrogens is 250 g/mol. The number of hydrogen-bond acceptors (Lipinski definition) is 3. The zero-order chi connectivity index (χ0) is 23.0. The molecule has 1 saturated carbocycles. The Kier molecular flexibility index (Phi) is 2.24. The first-order valence-electron chi connectivity index (χ1n) is 11.9. The molecule has 0 unspecified atom stereocenters. The zero-order valence-electron chi connectivity index (χ0n) is 21.3. The second kappa shape index (κ2) is 6.59. The molecule has 3 heteroatoms. The Morgan fingerprint density at radius 2 is 2.10 bits per heavy atom. The maximum Gasteiger partial charge on any atom is 0.118 e. The molecule has 0 amide bonds. The molecule has 2 rings (SSSR count). The van der Waals surface area contributed by atoms with Gasteiger partial charge in [-0.15, -0.1) is 0 Å². The summed E-state index contributed by atoms with van der Waals surface area (Å²) < 4.78 is 81.8. The van der Waals surface area contributed by atoms with Crippen LogP contribution in [-0.2, 0) is 0 Å². The van der Waals surface area contributed by atoms with Gasteiger partial charge < -0.3 is 14.7 Å². The highest BCUT2D eigenvalue weighted by atomic mass is 16.5. The summed E-state index contributed by atoms with van der Waals surface area (Å²) in [5.74, 6) is -1.37. The molecule has 1 aromatic rings. The van der Waals surface area contributed by atoms with E-state index >= 15 is 0 Å². The first kappa shape index (κ1) is 6.80. The predicted molar refractivity (Wildman–Crippen MR) is 82.3 cm³/mol. The fourth-order valence-corrected chi connectivity index (χ4v) is 2.83. The molecular formula is C17H27NO2. The highest BCUT2D eigenvalue weighted by Gasteiger charge is 2.38. The van der Waals surface area contributed by atoms with E-state index in [1.165, 1.54) is 24.3 Å². The van der Waals surface area contributed by atoms with Crippen LogP contribution in [0.25, 0.3) is 0 Å². The highest BCUT2D eigenvalue weighted by molar-refractivity contribution is 5.31. The third-order valence-corrected chi connectivity index (χ3v) is 3.86. The summed E-state index contributed by atoms with van der Waals surface area (Å²) >= 11 is 0. The molecule has 0 aliphatic heterocycles. The number of aliphatic hydroxyl groups is 1. The first-order valence-corrected chi connectivity index (χ1v) is 6.73. The van der Waals surface area contributed by atoms with Gasteiger partial charge >= 0.3 is 0 Å². The normalized spacial score (nSPS) is 29.4. The molecule has 1 fully saturated rings. The fraction of sp³-hybridized carbons (Fsp3) is 0.647. The number of rotatable bonds is 5. The third kappa shape index (κ3) is 3.53. The Labute approximate surface area is 136 Å². The van der Waals surface area contributed by atoms with Gasteiger partial charge in [-0.05, 0) is 44.5 Å². The molecule has 112 valence electrons. The number of nitrogens with zero attached hydrogens (tertiary/aromatic N) is 1. The topological polar surface area (TPSA) is 32.7 Å². The van der Waals surface area contributed by atoms with Crippen LogP contribution in [0, 0.1) is 0 Å². The van der Waals surface area contributed by atoms with Gasteiger partial charge in [0.2, 0.25) is 0 Å². The van der Waals surface area contributed by atoms with E-state index in [4.69, 9.17) is 18.4 Å². The summed E-state index contributed by atoms with van der Waals surface area (Å²) in [5, 5.41) is 11.4. The van der Waals surface area contributed by atoms with Gasteiger partial charge in [0.15, 0.2) is 0 Å². The lowest BCUT2D eigenvalue weighted by molar-refractivity contribution is -0.0277. The molecule has 1 aliphatic rings. The number of hydrogen-bond donors (Lipinski definition) is 1. The van der Waals surface area contributed by atoms with Crippen LogP contribution in [0.5, 0.6) is 5.75 Å². The van der Waals surface area contributed by atoms with Gasteiger partial charge in [0.25, 0.3) is 0 Å². The van der Waals surface area contributed by atoms with Crippen molar-refractivity contribution < 1.29 is 23.6 Å². The lowest BCUT2D eigenvalue weighted by Crippen LogP contribution is -2.42. The zero-order valence-corrected chi connectivity index (χ0v) is 11.3. The van der Waals surface area contributed by atoms with Gasteiger partial charge in [-0.25, -0.2) is 0 Å². The van der Waals surface area contributed by atoms with Crippen molar-refractivity contribution in [3.63, 3.8) is 0 Å². The maximum atomic E-state index is 11.4. The number of likely N-dealkylation sites (N-methyl/N-ethyl adjacent to an activating group) is 1. The third-order valence-electron chi connectivity index (χ3n) is 3.86. The van der Waals surface area contributed by atoms with Crippen molar-refractivity contribution in [1.29, 1.82) is 0 Å². The molecule has 0 spiro atoms. The molecule has 1 N–H and O–H groups in total. The van der Waals surface area contributed by atoms with Gasteiger partial charge in [-0.1, -0.05) is 31.4 Å². The Morgan fingerprint density at radius 1 is 1.35 bits per heavy atom. The average molecular weight is 287 g/mol. The second-order valence-electron chi connectivity index (χ2n) is 5.27. The van der Waals surface area contributed by atoms with Crippen molar-refractivity contribution in [2.45, 2.75) is 43.6 Å². The van der Waals surface area contributed by atoms with E-state index in [-0.39, 0.29) is 29.1 Å². The summed E-state index contributed by atoms with van der Waals surface area (Å²) in [6.07, 6.45) is 2.58. The SMILES string of the molecule is [2H]C([2H])N(C([2H])([2H])[2H])C([2H])([2H])[C@@H](c1ccc(OC([2H])([2H])[2H])cc1)C1(O)CCCCC1. The summed E-state index contributed by atoms with van der Waals surface area (Å²) in [7, 11) is -2.67. The van der Waals surface area contributed by atoms with Crippen molar-refractivity contribution in [3.8, 4) is 5.75 Å². The summed E-state index contributed by atoms with van der Waals surface area (Å²) in [6, 6.07) is 5.40. The largest absolute Gasteiger partial charge is 0.497 e. The summed E-state index contributed by atoms with van der Waals surface area (Å²) in [6.45, 7) is -7.98. The Hall–Kier alpha value is -1.06. The average Bonchev–Trinajstić information content (AvgIpc) is 2.53. The molecule has 0 heterocycles. The molecule has 3 nitrogen and oxygen atoms in total. The van der Waals surface area contributed by atoms with Gasteiger partial charge in [-0.3, -0.25) is 0 Å². The molecule has 0 radical (unpaired) electrons. The van der Waals surface area contributed by atoms with Crippen LogP contribution < -0.4 is 4.74 Å². The van der Waals surface area contributed by atoms with E-state index in [2.05, 4.69) is 0 Å². The van der Waals surface area contributed by atoms with E-state index in [1.54, 1.807) is 0 Å². The molecule has 0 saturated heterocycles. The van der Waals surface area contributed by atoms with Crippen molar-refractivity contribution in [3.05, 3.63) is 29.8 Å². The minimum atomic E-state index is -3.08. The molecule has 1 aliphatic carbocycles. The lowest BCUT2D eigenvalue weighted by atomic mass is 9.72. The monoisotopic (exact) mass is 287 g/mol. The van der Waals surface area contributed by atoms with Gasteiger partial charge in [0, 0.05) is 22.0 Å². The fourth-order valence-electron chi connectivity index (χ4n) is 2.83. The van der Waals surface area contributed by atoms with Crippen LogP contribution in [-0.4, -0.2) is 43.1 Å². The molecule has 0 bridgehead atoms. The molecule has 1 atom stereocenters. The molecule has 20 heavy (non-hydrogen) atoms. The van der Waals surface area contributed by atoms with E-state index in [0.29, 0.717) is 12.8 Å². The van der Waals surface area contributed by atoms with Crippen LogP contribution in [0.2, 0.25) is 0 Å². The Morgan fingerprint density at radius 3 is 2.70 bits per heavy atom. The molecule has 1 aromatic carbocycles. The Balaban J connectivity index is 2.55. The van der Waals surface area contributed by atoms with Crippen LogP contribution in [0.15, 0.2) is 24.3 Å². The van der Waals surface area contributed by atoms with Crippen LogP contribution in [0.1, 0.15) is 57.3 Å². The number of methoxy groups -OCH3 is 1. The highest BCUT2D eigenvalue weighted by Crippen LogP contribution is 2.40. The first-order chi connectivity index (χ1) is 13.6. The minimum absolute atomic E-state index is 0.0141. The van der Waals surface area contributed by atoms with Crippen LogP contribution in [0.4, 0.5) is 0 Å². The predicted octanol–water partition coefficient (Wildman–Crippen LogP) is 3.04. The van der Waals surface area contributed by atoms with Crippen LogP contribution >= 0.6 is 0 Å². The van der Waals surface area contributed by atoms with E-state index in [9.17, 15) is 5.11 Å². The second-order valence-corrected chi connectivity index (χ2v) is 5.27. The van der Waals surface area contributed by atoms with Crippen LogP contribution in [0.3, 0.4) is 0 Å². The van der Waals surface area contributed by atoms with E-state index < -0.39 is 39.0 Å². The Bertz CT molecular complexity index is 696. The summed E-state index contributed by atoms with van der Waals surface area (Å²) in [5.41, 5.74) is -1.36. The summed E-state index contributed by atoms with van der Waals surface area (Å²) in [4.78, 5) is 0.171. The van der Waals surface area contributed by atoms with E-state index in [0.717, 1.165) is 6.42 Å². The van der Waals surface area contributed by atoms with Gasteiger partial charge in [0.05, 0.1) is 16.8 Å². The molecule has 0 aromatic heterocycles. The standard InChI is InChI=1S/C17H27NO2/c1-18(2)13-16(17(19)11-5-4-6-12-17)14-7-9-15(20-3)10-8-14/h7-10,16,19H,4-6,11-13H2,1-3H3/t16-/m0/s1/i1D2,2D3,3D3,13D2. The van der Waals surface area contributed by atoms with Crippen molar-refractivity contribution in [1.82, 2.24) is 4.90 Å². The maximum absolute atomic E-state index is 11.4. The number of benzene rings is 1. The van der Waals surface area contributed by atoms with Crippen molar-refractivity contribution in [2.75, 3.05) is 27.5 Å². The van der Waals surface area contributed by atoms with Gasteiger partial charge in [-0.2, -0.15) is 0 Å². The minimum Gasteiger partial charge on any atom is -0.497 e. The van der Waals surface area contributed by atoms with Gasteiger partial charge in [0.1, 0.15) is 5.75 Å². The van der Waals surface area contributed by atoms with E-state index in [1.807, 2.05) is 0 Å². The smallest absolute Gasteiger partial charge is 0.118 e.